The third kappa shape index (κ3) is 2.56. The molecule has 0 saturated heterocycles. The van der Waals surface area contributed by atoms with Gasteiger partial charge >= 0.3 is 0 Å². The number of nitrogens with zero attached hydrogens (tertiary/aromatic N) is 2. The summed E-state index contributed by atoms with van der Waals surface area (Å²) in [6, 6.07) is 17.8. The number of aliphatic imine (C=N–C) groups is 1. The number of aryl methyl sites for hydroxylation is 1. The van der Waals surface area contributed by atoms with Crippen LogP contribution in [0, 0.1) is 6.92 Å². The molecule has 2 aromatic heterocycles. The van der Waals surface area contributed by atoms with Gasteiger partial charge in [-0.3, -0.25) is 5.10 Å². The van der Waals surface area contributed by atoms with Gasteiger partial charge < -0.3 is 10.1 Å². The highest BCUT2D eigenvalue weighted by molar-refractivity contribution is 6.02. The topological polar surface area (TPSA) is 77.1 Å². The van der Waals surface area contributed by atoms with Crippen molar-refractivity contribution in [1.82, 2.24) is 15.2 Å². The van der Waals surface area contributed by atoms with Crippen LogP contribution < -0.4 is 0 Å². The average molecular weight is 316 g/mol. The monoisotopic (exact) mass is 316 g/mol. The van der Waals surface area contributed by atoms with Gasteiger partial charge in [0.15, 0.2) is 11.7 Å². The Morgan fingerprint density at radius 1 is 1.08 bits per heavy atom. The number of hydrogen-bond donors (Lipinski definition) is 3. The minimum atomic E-state index is 0.106. The van der Waals surface area contributed by atoms with Crippen molar-refractivity contribution in [1.29, 1.82) is 0 Å². The average Bonchev–Trinajstić information content (AvgIpc) is 3.17. The normalized spacial score (nSPS) is 11.5. The van der Waals surface area contributed by atoms with Gasteiger partial charge in [0, 0.05) is 23.2 Å². The molecule has 0 unspecified atom stereocenters. The van der Waals surface area contributed by atoms with E-state index in [0.29, 0.717) is 11.4 Å². The van der Waals surface area contributed by atoms with Crippen LogP contribution in [0.25, 0.3) is 22.2 Å². The zero-order chi connectivity index (χ0) is 16.5. The van der Waals surface area contributed by atoms with Crippen LogP contribution in [0.5, 0.6) is 5.88 Å². The quantitative estimate of drug-likeness (QED) is 0.492. The summed E-state index contributed by atoms with van der Waals surface area (Å²) >= 11 is 0. The third-order valence-electron chi connectivity index (χ3n) is 3.98. The van der Waals surface area contributed by atoms with E-state index in [0.717, 1.165) is 22.2 Å². The predicted molar refractivity (Wildman–Crippen MR) is 96.0 cm³/mol. The van der Waals surface area contributed by atoms with Gasteiger partial charge in [0.25, 0.3) is 0 Å². The van der Waals surface area contributed by atoms with Crippen LogP contribution in [0.15, 0.2) is 59.6 Å². The highest BCUT2D eigenvalue weighted by Crippen LogP contribution is 2.26. The molecule has 118 valence electrons. The lowest BCUT2D eigenvalue weighted by Gasteiger charge is -1.96. The molecule has 5 nitrogen and oxygen atoms in total. The molecule has 0 bridgehead atoms. The predicted octanol–water partition coefficient (Wildman–Crippen LogP) is 4.32. The number of rotatable bonds is 3. The lowest BCUT2D eigenvalue weighted by Crippen LogP contribution is -1.78. The maximum atomic E-state index is 10.0. The van der Waals surface area contributed by atoms with Crippen molar-refractivity contribution < 1.29 is 5.11 Å². The van der Waals surface area contributed by atoms with E-state index in [4.69, 9.17) is 0 Å². The van der Waals surface area contributed by atoms with Gasteiger partial charge in [0.2, 0.25) is 0 Å². The number of aromatic nitrogens is 3. The van der Waals surface area contributed by atoms with Crippen LogP contribution in [0.2, 0.25) is 0 Å². The van der Waals surface area contributed by atoms with E-state index in [1.54, 1.807) is 6.21 Å². The van der Waals surface area contributed by atoms with Crippen molar-refractivity contribution in [2.24, 2.45) is 4.99 Å². The standard InChI is InChI=1S/C19H16N4O/c1-12-6-8-13(9-7-12)17-10-18(23-22-17)20-11-15-14-4-2-3-5-16(14)21-19(15)24/h2-11,21,24H,1H3,(H,22,23). The van der Waals surface area contributed by atoms with E-state index in [2.05, 4.69) is 39.2 Å². The molecule has 0 aliphatic heterocycles. The van der Waals surface area contributed by atoms with E-state index in [9.17, 15) is 5.11 Å². The summed E-state index contributed by atoms with van der Waals surface area (Å²) < 4.78 is 0. The second-order valence-corrected chi connectivity index (χ2v) is 5.70. The molecule has 0 atom stereocenters. The highest BCUT2D eigenvalue weighted by Gasteiger charge is 2.08. The van der Waals surface area contributed by atoms with Gasteiger partial charge in [-0.15, -0.1) is 0 Å². The number of benzene rings is 2. The Labute approximate surface area is 138 Å². The minimum absolute atomic E-state index is 0.106. The summed E-state index contributed by atoms with van der Waals surface area (Å²) in [4.78, 5) is 7.31. The number of hydrogen-bond acceptors (Lipinski definition) is 3. The molecule has 2 aromatic carbocycles. The fraction of sp³-hybridized carbons (Fsp3) is 0.0526. The Morgan fingerprint density at radius 3 is 2.71 bits per heavy atom. The largest absolute Gasteiger partial charge is 0.494 e. The molecule has 24 heavy (non-hydrogen) atoms. The second kappa shape index (κ2) is 5.70. The van der Waals surface area contributed by atoms with Gasteiger partial charge in [-0.2, -0.15) is 5.10 Å². The van der Waals surface area contributed by atoms with Gasteiger partial charge in [-0.25, -0.2) is 4.99 Å². The Bertz CT molecular complexity index is 1030. The summed E-state index contributed by atoms with van der Waals surface area (Å²) in [5.41, 5.74) is 4.71. The van der Waals surface area contributed by atoms with E-state index in [-0.39, 0.29) is 5.88 Å². The Morgan fingerprint density at radius 2 is 1.88 bits per heavy atom. The summed E-state index contributed by atoms with van der Waals surface area (Å²) in [6.07, 6.45) is 1.63. The first-order chi connectivity index (χ1) is 11.7. The van der Waals surface area contributed by atoms with Gasteiger partial charge in [0.1, 0.15) is 0 Å². The summed E-state index contributed by atoms with van der Waals surface area (Å²) in [5, 5.41) is 18.2. The van der Waals surface area contributed by atoms with E-state index >= 15 is 0 Å². The molecule has 0 fully saturated rings. The molecule has 0 aliphatic rings. The Balaban J connectivity index is 1.64. The molecular formula is C19H16N4O. The fourth-order valence-electron chi connectivity index (χ4n) is 2.67. The maximum Gasteiger partial charge on any atom is 0.198 e. The molecule has 0 amide bonds. The van der Waals surface area contributed by atoms with Crippen molar-refractivity contribution >= 4 is 22.9 Å². The lowest BCUT2D eigenvalue weighted by atomic mass is 10.1. The van der Waals surface area contributed by atoms with E-state index in [1.807, 2.05) is 42.5 Å². The smallest absolute Gasteiger partial charge is 0.198 e. The first-order valence-corrected chi connectivity index (χ1v) is 7.67. The summed E-state index contributed by atoms with van der Waals surface area (Å²) in [7, 11) is 0. The summed E-state index contributed by atoms with van der Waals surface area (Å²) in [5.74, 6) is 0.671. The van der Waals surface area contributed by atoms with Gasteiger partial charge in [-0.1, -0.05) is 48.0 Å². The van der Waals surface area contributed by atoms with Crippen molar-refractivity contribution in [3.8, 4) is 17.1 Å². The summed E-state index contributed by atoms with van der Waals surface area (Å²) in [6.45, 7) is 2.06. The van der Waals surface area contributed by atoms with E-state index in [1.165, 1.54) is 5.56 Å². The number of fused-ring (bicyclic) bond motifs is 1. The van der Waals surface area contributed by atoms with Crippen molar-refractivity contribution in [3.05, 3.63) is 65.7 Å². The Hall–Kier alpha value is -3.34. The maximum absolute atomic E-state index is 10.0. The lowest BCUT2D eigenvalue weighted by molar-refractivity contribution is 0.457. The van der Waals surface area contributed by atoms with Crippen molar-refractivity contribution in [2.45, 2.75) is 6.92 Å². The molecule has 0 spiro atoms. The SMILES string of the molecule is Cc1ccc(-c2cc(N=Cc3c(O)[nH]c4ccccc34)n[nH]2)cc1. The molecular weight excluding hydrogens is 300 g/mol. The molecule has 2 heterocycles. The third-order valence-corrected chi connectivity index (χ3v) is 3.98. The molecule has 4 rings (SSSR count). The van der Waals surface area contributed by atoms with Crippen LogP contribution in [-0.2, 0) is 0 Å². The molecule has 5 heteroatoms. The second-order valence-electron chi connectivity index (χ2n) is 5.70. The van der Waals surface area contributed by atoms with Crippen LogP contribution in [-0.4, -0.2) is 26.5 Å². The number of para-hydroxylation sites is 1. The fourth-order valence-corrected chi connectivity index (χ4v) is 2.67. The molecule has 0 saturated carbocycles. The Kier molecular flexibility index (Phi) is 3.39. The van der Waals surface area contributed by atoms with Crippen LogP contribution >= 0.6 is 0 Å². The number of nitrogens with one attached hydrogen (secondary N) is 2. The molecule has 0 radical (unpaired) electrons. The van der Waals surface area contributed by atoms with Crippen LogP contribution in [0.3, 0.4) is 0 Å². The number of H-pyrrole nitrogens is 2. The van der Waals surface area contributed by atoms with Crippen LogP contribution in [0.4, 0.5) is 5.82 Å². The van der Waals surface area contributed by atoms with Crippen molar-refractivity contribution in [2.75, 3.05) is 0 Å². The zero-order valence-corrected chi connectivity index (χ0v) is 13.1. The minimum Gasteiger partial charge on any atom is -0.494 e. The zero-order valence-electron chi connectivity index (χ0n) is 13.1. The van der Waals surface area contributed by atoms with Gasteiger partial charge in [-0.05, 0) is 18.6 Å². The number of aromatic hydroxyl groups is 1. The first kappa shape index (κ1) is 14.3. The number of aromatic amines is 2. The van der Waals surface area contributed by atoms with Gasteiger partial charge in [0.05, 0.1) is 11.3 Å². The first-order valence-electron chi connectivity index (χ1n) is 7.67. The molecule has 3 N–H and O–H groups in total. The highest BCUT2D eigenvalue weighted by atomic mass is 16.3. The van der Waals surface area contributed by atoms with Crippen molar-refractivity contribution in [3.63, 3.8) is 0 Å². The van der Waals surface area contributed by atoms with E-state index < -0.39 is 0 Å². The van der Waals surface area contributed by atoms with Crippen LogP contribution in [0.1, 0.15) is 11.1 Å². The molecule has 4 aromatic rings. The molecule has 0 aliphatic carbocycles.